The lowest BCUT2D eigenvalue weighted by Crippen LogP contribution is -2.34. The largest absolute Gasteiger partial charge is 0.312 e. The zero-order valence-electron chi connectivity index (χ0n) is 15.9. The number of rotatable bonds is 7. The third-order valence-corrected chi connectivity index (χ3v) is 6.32. The Balaban J connectivity index is 1.71. The number of hydrogen-bond acceptors (Lipinski definition) is 4. The highest BCUT2D eigenvalue weighted by Gasteiger charge is 2.23. The Morgan fingerprint density at radius 2 is 1.75 bits per heavy atom. The average Bonchev–Trinajstić information content (AvgIpc) is 3.09. The number of carbonyl (C=O) groups is 1. The quantitative estimate of drug-likeness (QED) is 0.769. The summed E-state index contributed by atoms with van der Waals surface area (Å²) >= 11 is 0. The summed E-state index contributed by atoms with van der Waals surface area (Å²) in [7, 11) is -0.0381. The number of hydrogen-bond donors (Lipinski definition) is 1. The normalized spacial score (nSPS) is 16.0. The van der Waals surface area contributed by atoms with Gasteiger partial charge in [0.2, 0.25) is 15.9 Å². The molecule has 1 heterocycles. The molecule has 150 valence electrons. The van der Waals surface area contributed by atoms with E-state index in [9.17, 15) is 17.6 Å². The van der Waals surface area contributed by atoms with Crippen molar-refractivity contribution in [1.82, 2.24) is 9.62 Å². The molecule has 2 aromatic rings. The van der Waals surface area contributed by atoms with Crippen LogP contribution < -0.4 is 9.62 Å². The number of amides is 1. The fourth-order valence-electron chi connectivity index (χ4n) is 3.28. The van der Waals surface area contributed by atoms with E-state index in [0.29, 0.717) is 18.7 Å². The van der Waals surface area contributed by atoms with Gasteiger partial charge in [0, 0.05) is 31.2 Å². The molecular weight excluding hydrogens is 381 g/mol. The molecule has 1 amide bonds. The van der Waals surface area contributed by atoms with Gasteiger partial charge in [-0.2, -0.15) is 0 Å². The summed E-state index contributed by atoms with van der Waals surface area (Å²) in [5, 5.41) is 0. The second-order valence-electron chi connectivity index (χ2n) is 7.03. The predicted octanol–water partition coefficient (Wildman–Crippen LogP) is 2.53. The maximum absolute atomic E-state index is 13.2. The molecule has 0 aromatic heterocycles. The van der Waals surface area contributed by atoms with Gasteiger partial charge < -0.3 is 9.80 Å². The Bertz CT molecular complexity index is 928. The van der Waals surface area contributed by atoms with Gasteiger partial charge in [0.1, 0.15) is 5.82 Å². The molecule has 1 N–H and O–H groups in total. The van der Waals surface area contributed by atoms with Crippen LogP contribution in [0.4, 0.5) is 10.1 Å². The lowest BCUT2D eigenvalue weighted by atomic mass is 10.1. The van der Waals surface area contributed by atoms with Crippen LogP contribution in [0.15, 0.2) is 53.4 Å². The van der Waals surface area contributed by atoms with E-state index in [4.69, 9.17) is 0 Å². The number of nitrogens with one attached hydrogen (secondary N) is 1. The summed E-state index contributed by atoms with van der Waals surface area (Å²) in [4.78, 5) is 15.5. The molecule has 8 heteroatoms. The van der Waals surface area contributed by atoms with Crippen LogP contribution in [0.3, 0.4) is 0 Å². The molecule has 3 rings (SSSR count). The molecule has 0 unspecified atom stereocenters. The molecule has 1 saturated heterocycles. The minimum Gasteiger partial charge on any atom is -0.312 e. The van der Waals surface area contributed by atoms with Crippen molar-refractivity contribution >= 4 is 21.6 Å². The molecular formula is C20H24FN3O3S. The molecule has 0 bridgehead atoms. The van der Waals surface area contributed by atoms with Gasteiger partial charge in [0.25, 0.3) is 0 Å². The molecule has 1 aliphatic rings. The molecule has 28 heavy (non-hydrogen) atoms. The van der Waals surface area contributed by atoms with Gasteiger partial charge >= 0.3 is 0 Å². The second kappa shape index (κ2) is 8.38. The van der Waals surface area contributed by atoms with Crippen LogP contribution in [0.1, 0.15) is 24.4 Å². The van der Waals surface area contributed by atoms with Crippen molar-refractivity contribution in [3.05, 3.63) is 59.9 Å². The number of nitrogens with zero attached hydrogens (tertiary/aromatic N) is 2. The number of anilines is 1. The predicted molar refractivity (Wildman–Crippen MR) is 106 cm³/mol. The number of likely N-dealkylation sites (N-methyl/N-ethyl adjacent to an activating group) is 1. The van der Waals surface area contributed by atoms with E-state index in [1.807, 2.05) is 19.0 Å². The zero-order chi connectivity index (χ0) is 20.3. The number of sulfonamides is 1. The summed E-state index contributed by atoms with van der Waals surface area (Å²) in [5.41, 5.74) is 1.52. The lowest BCUT2D eigenvalue weighted by molar-refractivity contribution is -0.117. The Morgan fingerprint density at radius 3 is 2.29 bits per heavy atom. The van der Waals surface area contributed by atoms with Crippen LogP contribution in [-0.2, 0) is 14.8 Å². The lowest BCUT2D eigenvalue weighted by Gasteiger charge is -2.25. The summed E-state index contributed by atoms with van der Waals surface area (Å²) in [6.07, 6.45) is 1.34. The van der Waals surface area contributed by atoms with Crippen molar-refractivity contribution in [1.29, 1.82) is 0 Å². The second-order valence-corrected chi connectivity index (χ2v) is 8.79. The van der Waals surface area contributed by atoms with Crippen LogP contribution >= 0.6 is 0 Å². The average molecular weight is 405 g/mol. The fourth-order valence-corrected chi connectivity index (χ4v) is 4.32. The summed E-state index contributed by atoms with van der Waals surface area (Å²) in [6.45, 7) is 0.804. The van der Waals surface area contributed by atoms with Crippen molar-refractivity contribution in [2.75, 3.05) is 32.1 Å². The molecule has 2 aromatic carbocycles. The van der Waals surface area contributed by atoms with Gasteiger partial charge in [-0.15, -0.1) is 0 Å². The van der Waals surface area contributed by atoms with Crippen LogP contribution in [0.25, 0.3) is 0 Å². The standard InChI is InChI=1S/C20H24FN3O3S/c1-23(2)19(15-5-7-16(21)8-6-15)14-22-28(26,27)18-11-9-17(10-12-18)24-13-3-4-20(24)25/h5-12,19,22H,3-4,13-14H2,1-2H3/t19-/m1/s1. The minimum atomic E-state index is -3.71. The van der Waals surface area contributed by atoms with Gasteiger partial charge in [-0.1, -0.05) is 12.1 Å². The van der Waals surface area contributed by atoms with Gasteiger partial charge in [-0.3, -0.25) is 4.79 Å². The summed E-state index contributed by atoms with van der Waals surface area (Å²) in [5.74, 6) is -0.278. The van der Waals surface area contributed by atoms with E-state index in [-0.39, 0.29) is 29.2 Å². The van der Waals surface area contributed by atoms with Gasteiger partial charge in [-0.05, 0) is 62.5 Å². The first-order valence-electron chi connectivity index (χ1n) is 9.10. The first-order chi connectivity index (χ1) is 13.3. The van der Waals surface area contributed by atoms with Crippen LogP contribution in [0, 0.1) is 5.82 Å². The van der Waals surface area contributed by atoms with Crippen molar-refractivity contribution < 1.29 is 17.6 Å². The topological polar surface area (TPSA) is 69.7 Å². The van der Waals surface area contributed by atoms with E-state index < -0.39 is 10.0 Å². The first-order valence-corrected chi connectivity index (χ1v) is 10.6. The van der Waals surface area contributed by atoms with E-state index in [0.717, 1.165) is 12.0 Å². The third-order valence-electron chi connectivity index (χ3n) is 4.88. The Morgan fingerprint density at radius 1 is 1.11 bits per heavy atom. The Kier molecular flexibility index (Phi) is 6.12. The maximum Gasteiger partial charge on any atom is 0.240 e. The number of halogens is 1. The Labute approximate surface area is 165 Å². The van der Waals surface area contributed by atoms with Crippen molar-refractivity contribution in [2.24, 2.45) is 0 Å². The molecule has 1 aliphatic heterocycles. The smallest absolute Gasteiger partial charge is 0.240 e. The van der Waals surface area contributed by atoms with Gasteiger partial charge in [0.15, 0.2) is 0 Å². The molecule has 0 spiro atoms. The third kappa shape index (κ3) is 4.57. The summed E-state index contributed by atoms with van der Waals surface area (Å²) < 4.78 is 41.1. The minimum absolute atomic E-state index is 0.0573. The van der Waals surface area contributed by atoms with Crippen LogP contribution in [0.5, 0.6) is 0 Å². The Hall–Kier alpha value is -2.29. The maximum atomic E-state index is 13.2. The van der Waals surface area contributed by atoms with Crippen LogP contribution in [-0.4, -0.2) is 46.4 Å². The van der Waals surface area contributed by atoms with Gasteiger partial charge in [-0.25, -0.2) is 17.5 Å². The van der Waals surface area contributed by atoms with Crippen LogP contribution in [0.2, 0.25) is 0 Å². The molecule has 6 nitrogen and oxygen atoms in total. The molecule has 1 atom stereocenters. The first kappa shape index (κ1) is 20.4. The van der Waals surface area contributed by atoms with E-state index >= 15 is 0 Å². The van der Waals surface area contributed by atoms with Crippen molar-refractivity contribution in [3.63, 3.8) is 0 Å². The monoisotopic (exact) mass is 405 g/mol. The molecule has 1 fully saturated rings. The highest BCUT2D eigenvalue weighted by molar-refractivity contribution is 7.89. The van der Waals surface area contributed by atoms with Crippen molar-refractivity contribution in [3.8, 4) is 0 Å². The summed E-state index contributed by atoms with van der Waals surface area (Å²) in [6, 6.07) is 12.1. The number of carbonyl (C=O) groups excluding carboxylic acids is 1. The van der Waals surface area contributed by atoms with E-state index in [1.54, 1.807) is 29.2 Å². The molecule has 0 aliphatic carbocycles. The molecule has 0 saturated carbocycles. The van der Waals surface area contributed by atoms with E-state index in [2.05, 4.69) is 4.72 Å². The zero-order valence-corrected chi connectivity index (χ0v) is 16.7. The highest BCUT2D eigenvalue weighted by Crippen LogP contribution is 2.23. The number of benzene rings is 2. The SMILES string of the molecule is CN(C)[C@H](CNS(=O)(=O)c1ccc(N2CCCC2=O)cc1)c1ccc(F)cc1. The fraction of sp³-hybridized carbons (Fsp3) is 0.350. The van der Waals surface area contributed by atoms with Crippen molar-refractivity contribution in [2.45, 2.75) is 23.8 Å². The van der Waals surface area contributed by atoms with Gasteiger partial charge in [0.05, 0.1) is 4.90 Å². The van der Waals surface area contributed by atoms with E-state index in [1.165, 1.54) is 24.3 Å². The highest BCUT2D eigenvalue weighted by atomic mass is 32.2. The molecule has 0 radical (unpaired) electrons.